The van der Waals surface area contributed by atoms with Gasteiger partial charge in [-0.15, -0.1) is 0 Å². The summed E-state index contributed by atoms with van der Waals surface area (Å²) in [5.41, 5.74) is 0. The van der Waals surface area contributed by atoms with Crippen LogP contribution in [0.1, 0.15) is 273 Å². The van der Waals surface area contributed by atoms with E-state index in [4.69, 9.17) is 4.74 Å². The summed E-state index contributed by atoms with van der Waals surface area (Å²) in [4.78, 5) is 15.0. The number of rotatable bonds is 44. The number of hydrogen-bond donors (Lipinski definition) is 0. The first-order valence-corrected chi connectivity index (χ1v) is 24.9. The lowest BCUT2D eigenvalue weighted by atomic mass is 9.90. The highest BCUT2D eigenvalue weighted by Crippen LogP contribution is 2.26. The van der Waals surface area contributed by atoms with Gasteiger partial charge in [0.1, 0.15) is 0 Å². The molecule has 0 saturated carbocycles. The average Bonchev–Trinajstić information content (AvgIpc) is 3.16. The van der Waals surface area contributed by atoms with Crippen molar-refractivity contribution in [2.45, 2.75) is 273 Å². The molecule has 1 atom stereocenters. The van der Waals surface area contributed by atoms with Crippen LogP contribution in [0.15, 0.2) is 0 Å². The standard InChI is InChI=1S/C50H101NO2/c1-7-13-27-35-47(36-28-14-8-2)39-31-23-19-17-18-20-24-32-40-48(43-45-51(11-5)12-6)41-33-25-21-22-26-34-42-50(52)53-46-44-49(37-29-15-9-3)38-30-16-10-4/h47-49H,7-46H2,1-6H3. The lowest BCUT2D eigenvalue weighted by Crippen LogP contribution is -2.25. The summed E-state index contributed by atoms with van der Waals surface area (Å²) in [6, 6.07) is 0. The molecule has 0 fully saturated rings. The van der Waals surface area contributed by atoms with Crippen LogP contribution in [0.4, 0.5) is 0 Å². The third kappa shape index (κ3) is 36.8. The second kappa shape index (κ2) is 42.6. The van der Waals surface area contributed by atoms with Crippen molar-refractivity contribution in [1.29, 1.82) is 0 Å². The number of unbranched alkanes of at least 4 members (excludes halogenated alkanes) is 20. The first kappa shape index (κ1) is 52.4. The third-order valence-electron chi connectivity index (χ3n) is 12.6. The van der Waals surface area contributed by atoms with Crippen LogP contribution >= 0.6 is 0 Å². The highest BCUT2D eigenvalue weighted by molar-refractivity contribution is 5.69. The molecule has 3 heteroatoms. The molecule has 0 aromatic carbocycles. The molecule has 0 bridgehead atoms. The second-order valence-electron chi connectivity index (χ2n) is 17.5. The maximum absolute atomic E-state index is 12.4. The molecule has 0 aliphatic rings. The monoisotopic (exact) mass is 748 g/mol. The smallest absolute Gasteiger partial charge is 0.305 e. The summed E-state index contributed by atoms with van der Waals surface area (Å²) in [6.07, 6.45) is 48.6. The zero-order valence-corrected chi connectivity index (χ0v) is 37.8. The van der Waals surface area contributed by atoms with Gasteiger partial charge in [0.2, 0.25) is 0 Å². The molecule has 0 rings (SSSR count). The van der Waals surface area contributed by atoms with Crippen LogP contribution in [0.25, 0.3) is 0 Å². The molecule has 1 unspecified atom stereocenters. The third-order valence-corrected chi connectivity index (χ3v) is 12.6. The molecule has 0 spiro atoms. The molecule has 0 aliphatic heterocycles. The van der Waals surface area contributed by atoms with Crippen molar-refractivity contribution in [3.8, 4) is 0 Å². The molecule has 53 heavy (non-hydrogen) atoms. The van der Waals surface area contributed by atoms with Crippen molar-refractivity contribution in [3.63, 3.8) is 0 Å². The largest absolute Gasteiger partial charge is 0.466 e. The van der Waals surface area contributed by atoms with Gasteiger partial charge in [0.25, 0.3) is 0 Å². The number of nitrogens with zero attached hydrogens (tertiary/aromatic N) is 1. The van der Waals surface area contributed by atoms with Gasteiger partial charge in [0.15, 0.2) is 0 Å². The van der Waals surface area contributed by atoms with Gasteiger partial charge in [-0.05, 0) is 56.7 Å². The van der Waals surface area contributed by atoms with Crippen LogP contribution in [0, 0.1) is 17.8 Å². The molecule has 318 valence electrons. The van der Waals surface area contributed by atoms with E-state index in [-0.39, 0.29) is 5.97 Å². The quantitative estimate of drug-likeness (QED) is 0.0459. The minimum atomic E-state index is 0.0385. The highest BCUT2D eigenvalue weighted by Gasteiger charge is 2.13. The average molecular weight is 748 g/mol. The van der Waals surface area contributed by atoms with E-state index in [1.165, 1.54) is 232 Å². The van der Waals surface area contributed by atoms with Gasteiger partial charge in [-0.3, -0.25) is 4.79 Å². The highest BCUT2D eigenvalue weighted by atomic mass is 16.5. The van der Waals surface area contributed by atoms with Crippen LogP contribution < -0.4 is 0 Å². The predicted octanol–water partition coefficient (Wildman–Crippen LogP) is 16.8. The van der Waals surface area contributed by atoms with Crippen molar-refractivity contribution in [2.24, 2.45) is 17.8 Å². The molecule has 0 heterocycles. The van der Waals surface area contributed by atoms with E-state index in [1.807, 2.05) is 0 Å². The van der Waals surface area contributed by atoms with E-state index in [2.05, 4.69) is 46.4 Å². The van der Waals surface area contributed by atoms with Crippen LogP contribution in [0.2, 0.25) is 0 Å². The van der Waals surface area contributed by atoms with Crippen molar-refractivity contribution >= 4 is 5.97 Å². The van der Waals surface area contributed by atoms with Crippen molar-refractivity contribution in [3.05, 3.63) is 0 Å². The molecule has 0 N–H and O–H groups in total. The fourth-order valence-electron chi connectivity index (χ4n) is 8.68. The van der Waals surface area contributed by atoms with Crippen LogP contribution in [0.3, 0.4) is 0 Å². The van der Waals surface area contributed by atoms with Gasteiger partial charge in [-0.25, -0.2) is 0 Å². The van der Waals surface area contributed by atoms with Gasteiger partial charge in [0, 0.05) is 6.42 Å². The molecular formula is C50H101NO2. The van der Waals surface area contributed by atoms with Crippen molar-refractivity contribution < 1.29 is 9.53 Å². The van der Waals surface area contributed by atoms with Gasteiger partial charge in [-0.2, -0.15) is 0 Å². The normalized spacial score (nSPS) is 12.5. The first-order chi connectivity index (χ1) is 26.0. The zero-order chi connectivity index (χ0) is 38.9. The summed E-state index contributed by atoms with van der Waals surface area (Å²) < 4.78 is 5.68. The molecular weight excluding hydrogens is 647 g/mol. The number of carbonyl (C=O) groups is 1. The molecule has 3 nitrogen and oxygen atoms in total. The van der Waals surface area contributed by atoms with Gasteiger partial charge >= 0.3 is 5.97 Å². The molecule has 0 aromatic rings. The van der Waals surface area contributed by atoms with Gasteiger partial charge in [-0.1, -0.05) is 247 Å². The molecule has 0 amide bonds. The lowest BCUT2D eigenvalue weighted by Gasteiger charge is -2.23. The predicted molar refractivity (Wildman–Crippen MR) is 238 cm³/mol. The Kier molecular flexibility index (Phi) is 42.1. The van der Waals surface area contributed by atoms with E-state index in [0.29, 0.717) is 13.0 Å². The van der Waals surface area contributed by atoms with Crippen molar-refractivity contribution in [2.75, 3.05) is 26.2 Å². The Balaban J connectivity index is 4.12. The SMILES string of the molecule is CCCCCC(CCCCC)CCCCCCCCCCC(CCCCCCCCC(=O)OCCC(CCCCC)CCCCC)CCN(CC)CC. The Hall–Kier alpha value is -0.570. The number of hydrogen-bond acceptors (Lipinski definition) is 3. The topological polar surface area (TPSA) is 29.5 Å². The van der Waals surface area contributed by atoms with Crippen LogP contribution in [0.5, 0.6) is 0 Å². The maximum atomic E-state index is 12.4. The number of ether oxygens (including phenoxy) is 1. The maximum Gasteiger partial charge on any atom is 0.305 e. The Morgan fingerprint density at radius 2 is 0.679 bits per heavy atom. The summed E-state index contributed by atoms with van der Waals surface area (Å²) >= 11 is 0. The molecule has 0 radical (unpaired) electrons. The van der Waals surface area contributed by atoms with E-state index in [1.54, 1.807) is 0 Å². The van der Waals surface area contributed by atoms with Crippen LogP contribution in [-0.4, -0.2) is 37.1 Å². The van der Waals surface area contributed by atoms with Gasteiger partial charge < -0.3 is 9.64 Å². The van der Waals surface area contributed by atoms with Gasteiger partial charge in [0.05, 0.1) is 6.61 Å². The summed E-state index contributed by atoms with van der Waals surface area (Å²) in [5.74, 6) is 2.70. The second-order valence-corrected chi connectivity index (χ2v) is 17.5. The minimum Gasteiger partial charge on any atom is -0.466 e. The van der Waals surface area contributed by atoms with E-state index < -0.39 is 0 Å². The number of carbonyl (C=O) groups excluding carboxylic acids is 1. The fourth-order valence-corrected chi connectivity index (χ4v) is 8.68. The summed E-state index contributed by atoms with van der Waals surface area (Å²) in [5, 5.41) is 0. The van der Waals surface area contributed by atoms with E-state index >= 15 is 0 Å². The lowest BCUT2D eigenvalue weighted by molar-refractivity contribution is -0.144. The van der Waals surface area contributed by atoms with Crippen molar-refractivity contribution in [1.82, 2.24) is 4.90 Å². The molecule has 0 aromatic heterocycles. The Labute approximate surface area is 336 Å². The Bertz CT molecular complexity index is 686. The fraction of sp³-hybridized carbons (Fsp3) is 0.980. The summed E-state index contributed by atoms with van der Waals surface area (Å²) in [6.45, 7) is 18.2. The Morgan fingerprint density at radius 1 is 0.377 bits per heavy atom. The zero-order valence-electron chi connectivity index (χ0n) is 37.8. The Morgan fingerprint density at radius 3 is 1.04 bits per heavy atom. The van der Waals surface area contributed by atoms with Crippen LogP contribution in [-0.2, 0) is 9.53 Å². The van der Waals surface area contributed by atoms with E-state index in [9.17, 15) is 4.79 Å². The molecule has 0 saturated heterocycles. The van der Waals surface area contributed by atoms with E-state index in [0.717, 1.165) is 30.6 Å². The minimum absolute atomic E-state index is 0.0385. The first-order valence-electron chi connectivity index (χ1n) is 24.9. The number of esters is 1. The summed E-state index contributed by atoms with van der Waals surface area (Å²) in [7, 11) is 0. The molecule has 0 aliphatic carbocycles.